The molecule has 1 aliphatic carbocycles. The lowest BCUT2D eigenvalue weighted by Gasteiger charge is -2.32. The number of nitrogens with one attached hydrogen (secondary N) is 2. The second-order valence-electron chi connectivity index (χ2n) is 10.7. The lowest BCUT2D eigenvalue weighted by molar-refractivity contribution is -0.139. The van der Waals surface area contributed by atoms with Gasteiger partial charge in [-0.05, 0) is 59.4 Å². The molecule has 9 nitrogen and oxygen atoms in total. The third-order valence-electron chi connectivity index (χ3n) is 6.06. The molecule has 1 fully saturated rings. The summed E-state index contributed by atoms with van der Waals surface area (Å²) in [6.07, 6.45) is 9.58. The zero-order valence-electron chi connectivity index (χ0n) is 22.6. The van der Waals surface area contributed by atoms with Gasteiger partial charge in [0.1, 0.15) is 17.7 Å². The summed E-state index contributed by atoms with van der Waals surface area (Å²) in [5.74, 6) is -1.75. The number of carbonyl (C=O) groups excluding carboxylic acids is 4. The van der Waals surface area contributed by atoms with Crippen molar-refractivity contribution in [1.29, 1.82) is 0 Å². The van der Waals surface area contributed by atoms with Crippen LogP contribution in [-0.2, 0) is 19.1 Å². The normalized spacial score (nSPS) is 15.6. The van der Waals surface area contributed by atoms with E-state index in [-0.39, 0.29) is 18.9 Å². The summed E-state index contributed by atoms with van der Waals surface area (Å²) in [7, 11) is 0. The number of carbonyl (C=O) groups is 4. The third kappa shape index (κ3) is 9.45. The number of amides is 4. The molecule has 0 radical (unpaired) electrons. The van der Waals surface area contributed by atoms with Crippen LogP contribution >= 0.6 is 0 Å². The first kappa shape index (κ1) is 29.7. The molecule has 0 heterocycles. The minimum atomic E-state index is -1.23. The maximum atomic E-state index is 13.8. The molecule has 2 atom stereocenters. The predicted molar refractivity (Wildman–Crippen MR) is 141 cm³/mol. The van der Waals surface area contributed by atoms with Crippen LogP contribution in [0.25, 0.3) is 0 Å². The number of aryl methyl sites for hydroxylation is 2. The van der Waals surface area contributed by atoms with Crippen molar-refractivity contribution in [3.05, 3.63) is 34.9 Å². The van der Waals surface area contributed by atoms with Crippen molar-refractivity contribution in [2.45, 2.75) is 103 Å². The molecular weight excluding hydrogens is 472 g/mol. The van der Waals surface area contributed by atoms with Gasteiger partial charge in [-0.25, -0.2) is 4.79 Å². The fourth-order valence-corrected chi connectivity index (χ4v) is 4.54. The van der Waals surface area contributed by atoms with Crippen molar-refractivity contribution in [1.82, 2.24) is 15.5 Å². The number of rotatable bonds is 9. The molecule has 2 rings (SSSR count). The molecule has 1 saturated carbocycles. The van der Waals surface area contributed by atoms with Crippen LogP contribution in [0.3, 0.4) is 0 Å². The highest BCUT2D eigenvalue weighted by Crippen LogP contribution is 2.26. The van der Waals surface area contributed by atoms with Crippen molar-refractivity contribution in [3.63, 3.8) is 0 Å². The summed E-state index contributed by atoms with van der Waals surface area (Å²) in [5, 5.41) is 5.58. The molecule has 0 saturated heterocycles. The molecule has 2 unspecified atom stereocenters. The van der Waals surface area contributed by atoms with Crippen LogP contribution in [0.2, 0.25) is 0 Å². The molecule has 4 amide bonds. The van der Waals surface area contributed by atoms with Crippen molar-refractivity contribution in [2.75, 3.05) is 0 Å². The summed E-state index contributed by atoms with van der Waals surface area (Å²) in [5.41, 5.74) is 6.87. The number of hydrogen-bond donors (Lipinski definition) is 3. The molecule has 0 aromatic heterocycles. The number of primary amides is 1. The van der Waals surface area contributed by atoms with Gasteiger partial charge in [0.2, 0.25) is 11.8 Å². The van der Waals surface area contributed by atoms with Crippen molar-refractivity contribution in [2.24, 2.45) is 5.73 Å². The Bertz CT molecular complexity index is 1010. The number of nitrogens with zero attached hydrogens (tertiary/aromatic N) is 1. The SMILES string of the molecule is C#CN(C(=O)C(CCC(N)=O)NC(=O)OC(C)(C)C)C(C(=O)NC1CCCCC1)c1cc(C)cc(C)c1. The third-order valence-corrected chi connectivity index (χ3v) is 6.06. The van der Waals surface area contributed by atoms with Crippen LogP contribution in [0.1, 0.15) is 88.4 Å². The molecule has 0 spiro atoms. The average Bonchev–Trinajstić information content (AvgIpc) is 2.78. The zero-order valence-corrected chi connectivity index (χ0v) is 22.6. The van der Waals surface area contributed by atoms with Gasteiger partial charge < -0.3 is 21.1 Å². The van der Waals surface area contributed by atoms with Crippen LogP contribution in [0.15, 0.2) is 18.2 Å². The predicted octanol–water partition coefficient (Wildman–Crippen LogP) is 3.37. The van der Waals surface area contributed by atoms with Crippen LogP contribution in [0.4, 0.5) is 4.79 Å². The highest BCUT2D eigenvalue weighted by molar-refractivity contribution is 5.93. The molecule has 1 aromatic carbocycles. The Balaban J connectivity index is 2.43. The molecule has 1 aromatic rings. The highest BCUT2D eigenvalue weighted by Gasteiger charge is 2.37. The molecule has 4 N–H and O–H groups in total. The van der Waals surface area contributed by atoms with E-state index in [1.165, 1.54) is 0 Å². The summed E-state index contributed by atoms with van der Waals surface area (Å²) in [6, 6.07) is 5.59. The average molecular weight is 513 g/mol. The van der Waals surface area contributed by atoms with E-state index in [1.807, 2.05) is 32.0 Å². The molecular formula is C28H40N4O5. The topological polar surface area (TPSA) is 131 Å². The van der Waals surface area contributed by atoms with E-state index in [4.69, 9.17) is 16.9 Å². The summed E-state index contributed by atoms with van der Waals surface area (Å²) < 4.78 is 5.30. The second-order valence-corrected chi connectivity index (χ2v) is 10.7. The number of benzene rings is 1. The van der Waals surface area contributed by atoms with Gasteiger partial charge in [-0.2, -0.15) is 0 Å². The number of terminal acetylenes is 1. The van der Waals surface area contributed by atoms with Crippen LogP contribution in [0, 0.1) is 26.3 Å². The maximum absolute atomic E-state index is 13.8. The van der Waals surface area contributed by atoms with Gasteiger partial charge in [0.25, 0.3) is 5.91 Å². The van der Waals surface area contributed by atoms with Gasteiger partial charge in [0.15, 0.2) is 0 Å². The minimum absolute atomic E-state index is 0.00469. The van der Waals surface area contributed by atoms with Gasteiger partial charge in [0.05, 0.1) is 0 Å². The summed E-state index contributed by atoms with van der Waals surface area (Å²) >= 11 is 0. The minimum Gasteiger partial charge on any atom is -0.444 e. The molecule has 9 heteroatoms. The fraction of sp³-hybridized carbons (Fsp3) is 0.571. The van der Waals surface area contributed by atoms with E-state index in [2.05, 4.69) is 16.7 Å². The molecule has 0 bridgehead atoms. The monoisotopic (exact) mass is 512 g/mol. The molecule has 202 valence electrons. The summed E-state index contributed by atoms with van der Waals surface area (Å²) in [4.78, 5) is 52.4. The van der Waals surface area contributed by atoms with Gasteiger partial charge >= 0.3 is 6.09 Å². The lowest BCUT2D eigenvalue weighted by atomic mass is 9.94. The van der Waals surface area contributed by atoms with E-state index >= 15 is 0 Å². The number of hydrogen-bond acceptors (Lipinski definition) is 5. The molecule has 0 aliphatic heterocycles. The quantitative estimate of drug-likeness (QED) is 0.345. The Labute approximate surface area is 219 Å². The van der Waals surface area contributed by atoms with Crippen molar-refractivity contribution >= 4 is 23.8 Å². The summed E-state index contributed by atoms with van der Waals surface area (Å²) in [6.45, 7) is 8.85. The van der Waals surface area contributed by atoms with Gasteiger partial charge in [0, 0.05) is 18.5 Å². The Morgan fingerprint density at radius 1 is 1.11 bits per heavy atom. The van der Waals surface area contributed by atoms with E-state index in [0.29, 0.717) is 5.56 Å². The van der Waals surface area contributed by atoms with E-state index in [9.17, 15) is 19.2 Å². The molecule has 37 heavy (non-hydrogen) atoms. The first-order valence-electron chi connectivity index (χ1n) is 12.8. The first-order chi connectivity index (χ1) is 17.3. The Hall–Kier alpha value is -3.54. The Kier molecular flexibility index (Phi) is 10.5. The van der Waals surface area contributed by atoms with Gasteiger partial charge in [-0.1, -0.05) is 55.0 Å². The van der Waals surface area contributed by atoms with Crippen molar-refractivity contribution in [3.8, 4) is 12.5 Å². The van der Waals surface area contributed by atoms with Crippen molar-refractivity contribution < 1.29 is 23.9 Å². The van der Waals surface area contributed by atoms with E-state index < -0.39 is 41.5 Å². The zero-order chi connectivity index (χ0) is 27.8. The van der Waals surface area contributed by atoms with E-state index in [1.54, 1.807) is 20.8 Å². The first-order valence-corrected chi connectivity index (χ1v) is 12.8. The number of ether oxygens (including phenoxy) is 1. The van der Waals surface area contributed by atoms with Crippen LogP contribution in [-0.4, -0.2) is 46.4 Å². The Morgan fingerprint density at radius 3 is 2.22 bits per heavy atom. The number of nitrogens with two attached hydrogens (primary N) is 1. The van der Waals surface area contributed by atoms with Gasteiger partial charge in [-0.15, -0.1) is 0 Å². The fourth-order valence-electron chi connectivity index (χ4n) is 4.54. The lowest BCUT2D eigenvalue weighted by Crippen LogP contribution is -2.52. The second kappa shape index (κ2) is 13.1. The standard InChI is InChI=1S/C28H40N4O5/c1-7-32(26(35)22(13-14-23(29)33)31-27(36)37-28(4,5)6)24(20-16-18(2)15-19(3)17-20)25(34)30-21-11-9-8-10-12-21/h1,15-17,21-22,24H,8-14H2,2-6H3,(H2,29,33)(H,30,34)(H,31,36). The largest absolute Gasteiger partial charge is 0.444 e. The smallest absolute Gasteiger partial charge is 0.408 e. The van der Waals surface area contributed by atoms with Gasteiger partial charge in [-0.3, -0.25) is 19.3 Å². The molecule has 1 aliphatic rings. The Morgan fingerprint density at radius 2 is 1.70 bits per heavy atom. The van der Waals surface area contributed by atoms with Crippen LogP contribution < -0.4 is 16.4 Å². The highest BCUT2D eigenvalue weighted by atomic mass is 16.6. The van der Waals surface area contributed by atoms with E-state index in [0.717, 1.165) is 48.1 Å². The maximum Gasteiger partial charge on any atom is 0.408 e. The number of alkyl carbamates (subject to hydrolysis) is 1. The van der Waals surface area contributed by atoms with Crippen LogP contribution in [0.5, 0.6) is 0 Å².